The molecule has 8 heteroatoms. The highest BCUT2D eigenvalue weighted by Gasteiger charge is 2.32. The molecule has 1 aromatic carbocycles. The van der Waals surface area contributed by atoms with E-state index < -0.39 is 0 Å². The number of rotatable bonds is 5. The first-order valence-corrected chi connectivity index (χ1v) is 10.9. The molecule has 0 saturated carbocycles. The van der Waals surface area contributed by atoms with E-state index in [4.69, 9.17) is 19.2 Å². The van der Waals surface area contributed by atoms with Gasteiger partial charge < -0.3 is 24.4 Å². The second-order valence-corrected chi connectivity index (χ2v) is 8.04. The minimum atomic E-state index is 0.116. The van der Waals surface area contributed by atoms with Gasteiger partial charge in [-0.05, 0) is 37.1 Å². The zero-order valence-corrected chi connectivity index (χ0v) is 17.8. The summed E-state index contributed by atoms with van der Waals surface area (Å²) in [5.74, 6) is 1.73. The maximum Gasteiger partial charge on any atom is 0.194 e. The molecule has 2 saturated heterocycles. The molecule has 3 heterocycles. The molecular formula is C21H28N4O3S. The third-order valence-corrected chi connectivity index (χ3v) is 6.24. The van der Waals surface area contributed by atoms with E-state index in [1.54, 1.807) is 18.4 Å². The Kier molecular flexibility index (Phi) is 6.63. The predicted molar refractivity (Wildman–Crippen MR) is 115 cm³/mol. The third-order valence-electron chi connectivity index (χ3n) is 5.30. The smallest absolute Gasteiger partial charge is 0.194 e. The molecule has 0 amide bonds. The molecule has 2 unspecified atom stereocenters. The minimum Gasteiger partial charge on any atom is -0.497 e. The number of aliphatic imine (C=N–C) groups is 1. The number of benzene rings is 1. The Balaban J connectivity index is 1.34. The second kappa shape index (κ2) is 9.56. The van der Waals surface area contributed by atoms with Crippen LogP contribution in [0.2, 0.25) is 0 Å². The van der Waals surface area contributed by atoms with Crippen LogP contribution in [0.1, 0.15) is 18.5 Å². The van der Waals surface area contributed by atoms with Crippen molar-refractivity contribution < 1.29 is 14.2 Å². The normalized spacial score (nSPS) is 22.7. The summed E-state index contributed by atoms with van der Waals surface area (Å²) in [5, 5.41) is 6.55. The Labute approximate surface area is 175 Å². The van der Waals surface area contributed by atoms with Gasteiger partial charge in [0.25, 0.3) is 0 Å². The number of hydrogen-bond acceptors (Lipinski definition) is 6. The Bertz CT molecular complexity index is 818. The zero-order valence-electron chi connectivity index (χ0n) is 17.0. The number of thiazole rings is 1. The first-order chi connectivity index (χ1) is 14.3. The number of morpholine rings is 1. The Hall–Kier alpha value is -2.16. The summed E-state index contributed by atoms with van der Waals surface area (Å²) in [5.41, 5.74) is 2.10. The molecule has 0 radical (unpaired) electrons. The molecule has 1 aromatic heterocycles. The van der Waals surface area contributed by atoms with E-state index in [1.165, 1.54) is 0 Å². The first kappa shape index (κ1) is 20.1. The van der Waals surface area contributed by atoms with E-state index >= 15 is 0 Å². The summed E-state index contributed by atoms with van der Waals surface area (Å²) < 4.78 is 17.0. The quantitative estimate of drug-likeness (QED) is 0.597. The highest BCUT2D eigenvalue weighted by Crippen LogP contribution is 2.26. The van der Waals surface area contributed by atoms with Crippen molar-refractivity contribution in [3.8, 4) is 16.3 Å². The van der Waals surface area contributed by atoms with Crippen molar-refractivity contribution in [1.82, 2.24) is 15.2 Å². The summed E-state index contributed by atoms with van der Waals surface area (Å²) in [6.45, 7) is 3.82. The molecule has 1 N–H and O–H groups in total. The molecule has 2 aromatic rings. The second-order valence-electron chi connectivity index (χ2n) is 7.18. The van der Waals surface area contributed by atoms with Crippen molar-refractivity contribution in [2.24, 2.45) is 4.99 Å². The molecule has 0 aliphatic carbocycles. The van der Waals surface area contributed by atoms with Crippen LogP contribution in [0.15, 0.2) is 34.6 Å². The molecule has 2 aliphatic heterocycles. The predicted octanol–water partition coefficient (Wildman–Crippen LogP) is 2.77. The number of nitrogens with one attached hydrogen (secondary N) is 1. The van der Waals surface area contributed by atoms with Crippen molar-refractivity contribution in [1.29, 1.82) is 0 Å². The van der Waals surface area contributed by atoms with Gasteiger partial charge in [0.1, 0.15) is 16.9 Å². The van der Waals surface area contributed by atoms with Crippen LogP contribution in [-0.2, 0) is 16.0 Å². The lowest BCUT2D eigenvalue weighted by Gasteiger charge is -2.37. The summed E-state index contributed by atoms with van der Waals surface area (Å²) >= 11 is 1.65. The molecule has 29 heavy (non-hydrogen) atoms. The van der Waals surface area contributed by atoms with E-state index in [-0.39, 0.29) is 12.2 Å². The van der Waals surface area contributed by atoms with Gasteiger partial charge >= 0.3 is 0 Å². The molecular weight excluding hydrogens is 388 g/mol. The van der Waals surface area contributed by atoms with Gasteiger partial charge in [-0.15, -0.1) is 11.3 Å². The lowest BCUT2D eigenvalue weighted by Crippen LogP contribution is -2.53. The van der Waals surface area contributed by atoms with Crippen LogP contribution < -0.4 is 10.1 Å². The fourth-order valence-corrected chi connectivity index (χ4v) is 4.57. The summed E-state index contributed by atoms with van der Waals surface area (Å²) in [4.78, 5) is 11.5. The number of aromatic nitrogens is 1. The largest absolute Gasteiger partial charge is 0.497 e. The van der Waals surface area contributed by atoms with E-state index in [1.807, 2.05) is 31.3 Å². The van der Waals surface area contributed by atoms with Gasteiger partial charge in [0.05, 0.1) is 32.1 Å². The van der Waals surface area contributed by atoms with E-state index in [0.29, 0.717) is 13.2 Å². The van der Waals surface area contributed by atoms with Gasteiger partial charge in [0.2, 0.25) is 0 Å². The molecule has 0 bridgehead atoms. The average Bonchev–Trinajstić information content (AvgIpc) is 3.47. The number of methoxy groups -OCH3 is 1. The van der Waals surface area contributed by atoms with Crippen LogP contribution in [0.4, 0.5) is 0 Å². The van der Waals surface area contributed by atoms with Crippen LogP contribution >= 0.6 is 11.3 Å². The monoisotopic (exact) mass is 416 g/mol. The van der Waals surface area contributed by atoms with Crippen molar-refractivity contribution in [2.45, 2.75) is 31.6 Å². The van der Waals surface area contributed by atoms with E-state index in [0.717, 1.165) is 60.5 Å². The zero-order chi connectivity index (χ0) is 20.1. The van der Waals surface area contributed by atoms with Gasteiger partial charge in [0, 0.05) is 37.7 Å². The van der Waals surface area contributed by atoms with Gasteiger partial charge in [0.15, 0.2) is 5.96 Å². The van der Waals surface area contributed by atoms with E-state index in [9.17, 15) is 0 Å². The number of ether oxygens (including phenoxy) is 3. The first-order valence-electron chi connectivity index (χ1n) is 10.0. The van der Waals surface area contributed by atoms with Crippen LogP contribution in [0.3, 0.4) is 0 Å². The lowest BCUT2D eigenvalue weighted by atomic mass is 10.1. The van der Waals surface area contributed by atoms with Crippen molar-refractivity contribution in [3.63, 3.8) is 0 Å². The van der Waals surface area contributed by atoms with Crippen LogP contribution in [0.5, 0.6) is 5.75 Å². The van der Waals surface area contributed by atoms with Gasteiger partial charge in [-0.3, -0.25) is 4.99 Å². The molecule has 4 rings (SSSR count). The fourth-order valence-electron chi connectivity index (χ4n) is 3.74. The number of nitrogens with zero attached hydrogens (tertiary/aromatic N) is 3. The highest BCUT2D eigenvalue weighted by molar-refractivity contribution is 7.13. The highest BCUT2D eigenvalue weighted by atomic mass is 32.1. The molecule has 2 fully saturated rings. The third kappa shape index (κ3) is 4.88. The van der Waals surface area contributed by atoms with Crippen LogP contribution in [0.25, 0.3) is 10.6 Å². The minimum absolute atomic E-state index is 0.116. The summed E-state index contributed by atoms with van der Waals surface area (Å²) in [7, 11) is 3.50. The lowest BCUT2D eigenvalue weighted by molar-refractivity contribution is -0.0817. The van der Waals surface area contributed by atoms with Gasteiger partial charge in [-0.1, -0.05) is 0 Å². The number of guanidine groups is 1. The van der Waals surface area contributed by atoms with Gasteiger partial charge in [-0.2, -0.15) is 0 Å². The SMILES string of the molecule is CN=C(NCc1csc(-c2ccc(OC)cc2)n1)N1CCOC(C2CCCO2)C1. The van der Waals surface area contributed by atoms with Crippen molar-refractivity contribution in [2.75, 3.05) is 40.5 Å². The summed E-state index contributed by atoms with van der Waals surface area (Å²) in [6, 6.07) is 7.98. The van der Waals surface area contributed by atoms with Crippen LogP contribution in [-0.4, -0.2) is 68.5 Å². The van der Waals surface area contributed by atoms with E-state index in [2.05, 4.69) is 20.6 Å². The molecule has 2 atom stereocenters. The summed E-state index contributed by atoms with van der Waals surface area (Å²) in [6.07, 6.45) is 2.53. The van der Waals surface area contributed by atoms with Crippen molar-refractivity contribution >= 4 is 17.3 Å². The van der Waals surface area contributed by atoms with Crippen LogP contribution in [0, 0.1) is 0 Å². The van der Waals surface area contributed by atoms with Crippen molar-refractivity contribution in [3.05, 3.63) is 35.3 Å². The Morgan fingerprint density at radius 2 is 2.10 bits per heavy atom. The fraction of sp³-hybridized carbons (Fsp3) is 0.524. The Morgan fingerprint density at radius 3 is 2.83 bits per heavy atom. The number of hydrogen-bond donors (Lipinski definition) is 1. The maximum absolute atomic E-state index is 5.95. The molecule has 7 nitrogen and oxygen atoms in total. The average molecular weight is 417 g/mol. The molecule has 0 spiro atoms. The topological polar surface area (TPSA) is 68.2 Å². The molecule has 2 aliphatic rings. The maximum atomic E-state index is 5.95. The standard InChI is InChI=1S/C21H28N4O3S/c1-22-21(25-9-11-28-19(13-25)18-4-3-10-27-18)23-12-16-14-29-20(24-16)15-5-7-17(26-2)8-6-15/h5-8,14,18-19H,3-4,9-13H2,1-2H3,(H,22,23). The molecule has 156 valence electrons. The van der Waals surface area contributed by atoms with Gasteiger partial charge in [-0.25, -0.2) is 4.98 Å². The Morgan fingerprint density at radius 1 is 1.28 bits per heavy atom.